The number of aromatic nitrogens is 1. The fourth-order valence-corrected chi connectivity index (χ4v) is 6.46. The first-order chi connectivity index (χ1) is 17.9. The number of hydrogen-bond donors (Lipinski definition) is 1. The van der Waals surface area contributed by atoms with Gasteiger partial charge in [-0.25, -0.2) is 8.78 Å². The molecule has 1 amide bonds. The number of fused-ring (bicyclic) bond motifs is 1. The average Bonchev–Trinajstić information content (AvgIpc) is 3.28. The van der Waals surface area contributed by atoms with Crippen LogP contribution in [0.2, 0.25) is 5.02 Å². The minimum absolute atomic E-state index is 0. The van der Waals surface area contributed by atoms with Crippen molar-refractivity contribution in [3.05, 3.63) is 82.0 Å². The van der Waals surface area contributed by atoms with Gasteiger partial charge in [0, 0.05) is 36.6 Å². The Morgan fingerprint density at radius 3 is 2.42 bits per heavy atom. The largest absolute Gasteiger partial charge is 0.496 e. The van der Waals surface area contributed by atoms with Crippen molar-refractivity contribution in [1.82, 2.24) is 9.88 Å². The third-order valence-corrected chi connectivity index (χ3v) is 8.63. The van der Waals surface area contributed by atoms with Crippen molar-refractivity contribution in [3.8, 4) is 16.9 Å². The number of nitrogens with zero attached hydrogens (tertiary/aromatic N) is 2. The highest BCUT2D eigenvalue weighted by atomic mass is 35.5. The molecule has 0 aliphatic heterocycles. The third-order valence-electron chi connectivity index (χ3n) is 6.95. The molecule has 0 saturated heterocycles. The predicted octanol–water partition coefficient (Wildman–Crippen LogP) is 7.24. The van der Waals surface area contributed by atoms with Crippen molar-refractivity contribution in [3.63, 3.8) is 0 Å². The zero-order valence-corrected chi connectivity index (χ0v) is 23.0. The SMILES string of the molecule is COc1ccc(-c2ccncc2)cc1CN(C(=O)c1sc2c(F)ccc(F)c2c1Cl)C1CCC(N)CC1.Cl. The molecule has 5 rings (SSSR count). The van der Waals surface area contributed by atoms with Gasteiger partial charge in [0.1, 0.15) is 22.3 Å². The maximum atomic E-state index is 14.5. The van der Waals surface area contributed by atoms with Crippen LogP contribution >= 0.6 is 35.3 Å². The number of thiophene rings is 1. The van der Waals surface area contributed by atoms with Gasteiger partial charge in [0.25, 0.3) is 5.91 Å². The van der Waals surface area contributed by atoms with E-state index in [0.29, 0.717) is 5.75 Å². The Bertz CT molecular complexity index is 1440. The zero-order valence-electron chi connectivity index (χ0n) is 20.6. The maximum Gasteiger partial charge on any atom is 0.266 e. The average molecular weight is 579 g/mol. The first-order valence-electron chi connectivity index (χ1n) is 12.1. The van der Waals surface area contributed by atoms with E-state index in [1.807, 2.05) is 30.3 Å². The molecule has 0 atom stereocenters. The number of hydrogen-bond acceptors (Lipinski definition) is 5. The number of rotatable bonds is 6. The van der Waals surface area contributed by atoms with Gasteiger partial charge in [-0.3, -0.25) is 9.78 Å². The Kier molecular flexibility index (Phi) is 8.88. The van der Waals surface area contributed by atoms with Gasteiger partial charge in [0.2, 0.25) is 0 Å². The Morgan fingerprint density at radius 2 is 1.76 bits per heavy atom. The highest BCUT2D eigenvalue weighted by molar-refractivity contribution is 7.21. The predicted molar refractivity (Wildman–Crippen MR) is 150 cm³/mol. The first kappa shape index (κ1) is 28.2. The molecule has 2 N–H and O–H groups in total. The van der Waals surface area contributed by atoms with E-state index in [0.717, 1.165) is 65.8 Å². The molecule has 1 aliphatic carbocycles. The molecule has 0 radical (unpaired) electrons. The van der Waals surface area contributed by atoms with Crippen molar-refractivity contribution in [2.75, 3.05) is 7.11 Å². The van der Waals surface area contributed by atoms with E-state index in [1.165, 1.54) is 0 Å². The number of ether oxygens (including phenoxy) is 1. The lowest BCUT2D eigenvalue weighted by Gasteiger charge is -2.36. The summed E-state index contributed by atoms with van der Waals surface area (Å²) >= 11 is 7.39. The van der Waals surface area contributed by atoms with Crippen molar-refractivity contribution in [1.29, 1.82) is 0 Å². The van der Waals surface area contributed by atoms with E-state index in [-0.39, 0.29) is 56.9 Å². The number of carbonyl (C=O) groups is 1. The maximum absolute atomic E-state index is 14.5. The molecule has 10 heteroatoms. The fourth-order valence-electron chi connectivity index (χ4n) is 4.96. The Balaban J connectivity index is 0.00000336. The van der Waals surface area contributed by atoms with Crippen LogP contribution in [0, 0.1) is 11.6 Å². The summed E-state index contributed by atoms with van der Waals surface area (Å²) in [7, 11) is 1.59. The van der Waals surface area contributed by atoms with Gasteiger partial charge in [0.15, 0.2) is 0 Å². The molecule has 0 spiro atoms. The molecule has 1 aliphatic rings. The number of benzene rings is 2. The van der Waals surface area contributed by atoms with Gasteiger partial charge >= 0.3 is 0 Å². The third kappa shape index (κ3) is 5.50. The van der Waals surface area contributed by atoms with E-state index in [1.54, 1.807) is 24.4 Å². The lowest BCUT2D eigenvalue weighted by molar-refractivity contribution is 0.0610. The van der Waals surface area contributed by atoms with Gasteiger partial charge in [-0.1, -0.05) is 17.7 Å². The molecule has 2 aromatic heterocycles. The molecule has 1 fully saturated rings. The number of methoxy groups -OCH3 is 1. The summed E-state index contributed by atoms with van der Waals surface area (Å²) in [6, 6.07) is 11.7. The summed E-state index contributed by atoms with van der Waals surface area (Å²) < 4.78 is 34.7. The smallest absolute Gasteiger partial charge is 0.266 e. The van der Waals surface area contributed by atoms with Crippen molar-refractivity contribution < 1.29 is 18.3 Å². The standard InChI is InChI=1S/C28H26ClF2N3O2S.ClH/c1-36-23-9-2-17(16-10-12-33-13-11-16)14-18(23)15-34(20-5-3-19(32)4-6-20)28(35)27-25(29)24-21(30)7-8-22(31)26(24)37-27;/h2,7-14,19-20H,3-6,15,32H2,1H3;1H. The number of halogens is 4. The molecule has 1 saturated carbocycles. The summed E-state index contributed by atoms with van der Waals surface area (Å²) in [4.78, 5) is 20.0. The molecule has 5 nitrogen and oxygen atoms in total. The highest BCUT2D eigenvalue weighted by Gasteiger charge is 2.32. The minimum atomic E-state index is -0.654. The van der Waals surface area contributed by atoms with Crippen molar-refractivity contribution in [2.24, 2.45) is 5.73 Å². The number of amides is 1. The molecule has 0 bridgehead atoms. The number of pyridine rings is 1. The number of carbonyl (C=O) groups excluding carboxylic acids is 1. The van der Waals surface area contributed by atoms with Crippen LogP contribution in [0.1, 0.15) is 40.9 Å². The molecule has 38 heavy (non-hydrogen) atoms. The molecule has 200 valence electrons. The second-order valence-corrected chi connectivity index (χ2v) is 10.6. The summed E-state index contributed by atoms with van der Waals surface area (Å²) in [5.74, 6) is -0.979. The van der Waals surface area contributed by atoms with Crippen LogP contribution in [0.5, 0.6) is 5.75 Å². The van der Waals surface area contributed by atoms with Crippen LogP contribution in [-0.2, 0) is 6.54 Å². The van der Waals surface area contributed by atoms with Crippen LogP contribution in [0.15, 0.2) is 54.9 Å². The van der Waals surface area contributed by atoms with Crippen LogP contribution in [0.4, 0.5) is 8.78 Å². The quantitative estimate of drug-likeness (QED) is 0.262. The summed E-state index contributed by atoms with van der Waals surface area (Å²) in [5.41, 5.74) is 8.90. The van der Waals surface area contributed by atoms with Crippen molar-refractivity contribution in [2.45, 2.75) is 44.3 Å². The summed E-state index contributed by atoms with van der Waals surface area (Å²) in [6.07, 6.45) is 6.47. The molecule has 2 aromatic carbocycles. The van der Waals surface area contributed by atoms with Gasteiger partial charge in [-0.15, -0.1) is 23.7 Å². The van der Waals surface area contributed by atoms with E-state index in [9.17, 15) is 13.6 Å². The summed E-state index contributed by atoms with van der Waals surface area (Å²) in [6.45, 7) is 0.246. The minimum Gasteiger partial charge on any atom is -0.496 e. The van der Waals surface area contributed by atoms with Gasteiger partial charge in [-0.05, 0) is 73.2 Å². The second-order valence-electron chi connectivity index (χ2n) is 9.24. The van der Waals surface area contributed by atoms with Gasteiger partial charge in [-0.2, -0.15) is 0 Å². The molecule has 0 unspecified atom stereocenters. The second kappa shape index (κ2) is 11.9. The van der Waals surface area contributed by atoms with Crippen molar-refractivity contribution >= 4 is 51.3 Å². The zero-order chi connectivity index (χ0) is 26.1. The van der Waals surface area contributed by atoms with Crippen LogP contribution in [-0.4, -0.2) is 35.0 Å². The monoisotopic (exact) mass is 577 g/mol. The highest BCUT2D eigenvalue weighted by Crippen LogP contribution is 2.40. The van der Waals surface area contributed by atoms with E-state index >= 15 is 0 Å². The molecular formula is C28H27Cl2F2N3O2S. The first-order valence-corrected chi connectivity index (χ1v) is 13.3. The fraction of sp³-hybridized carbons (Fsp3) is 0.286. The van der Waals surface area contributed by atoms with Gasteiger partial charge < -0.3 is 15.4 Å². The van der Waals surface area contributed by atoms with Crippen LogP contribution in [0.3, 0.4) is 0 Å². The molecule has 2 heterocycles. The normalized spacial score (nSPS) is 17.2. The molecular weight excluding hydrogens is 551 g/mol. The van der Waals surface area contributed by atoms with E-state index < -0.39 is 11.6 Å². The van der Waals surface area contributed by atoms with Crippen LogP contribution in [0.25, 0.3) is 21.2 Å². The van der Waals surface area contributed by atoms with Crippen LogP contribution < -0.4 is 10.5 Å². The Hall–Kier alpha value is -2.78. The van der Waals surface area contributed by atoms with Gasteiger partial charge in [0.05, 0.1) is 22.2 Å². The lowest BCUT2D eigenvalue weighted by atomic mass is 9.90. The van der Waals surface area contributed by atoms with E-state index in [2.05, 4.69) is 4.98 Å². The lowest BCUT2D eigenvalue weighted by Crippen LogP contribution is -2.43. The summed E-state index contributed by atoms with van der Waals surface area (Å²) in [5, 5.41) is -0.116. The van der Waals surface area contributed by atoms with E-state index in [4.69, 9.17) is 22.1 Å². The Morgan fingerprint density at radius 1 is 1.08 bits per heavy atom. The Labute approximate surface area is 235 Å². The number of nitrogens with two attached hydrogens (primary N) is 1. The molecule has 4 aromatic rings. The topological polar surface area (TPSA) is 68.5 Å².